The van der Waals surface area contributed by atoms with Crippen molar-refractivity contribution in [3.8, 4) is 0 Å². The molecule has 0 aliphatic rings. The van der Waals surface area contributed by atoms with Crippen LogP contribution in [0.2, 0.25) is 0 Å². The third kappa shape index (κ3) is 5.83. The molecule has 1 heterocycles. The van der Waals surface area contributed by atoms with E-state index in [4.69, 9.17) is 5.73 Å². The Balaban J connectivity index is 2.58. The van der Waals surface area contributed by atoms with Gasteiger partial charge in [0, 0.05) is 23.8 Å². The van der Waals surface area contributed by atoms with Crippen LogP contribution in [0.3, 0.4) is 0 Å². The monoisotopic (exact) mass is 284 g/mol. The van der Waals surface area contributed by atoms with Crippen LogP contribution in [0.1, 0.15) is 26.3 Å². The highest BCUT2D eigenvalue weighted by Gasteiger charge is 2.13. The summed E-state index contributed by atoms with van der Waals surface area (Å²) in [6, 6.07) is 1.62. The fourth-order valence-corrected chi connectivity index (χ4v) is 1.42. The van der Waals surface area contributed by atoms with E-state index in [1.807, 2.05) is 20.8 Å². The van der Waals surface area contributed by atoms with Crippen molar-refractivity contribution in [3.05, 3.63) is 23.6 Å². The molecule has 1 amide bonds. The number of carbonyl (C=O) groups excluding carboxylic acids is 1. The Kier molecular flexibility index (Phi) is 5.69. The summed E-state index contributed by atoms with van der Waals surface area (Å²) in [5.74, 6) is -0.283. The number of nitrogens with two attached hydrogens (primary N) is 1. The Morgan fingerprint density at radius 2 is 2.20 bits per heavy atom. The summed E-state index contributed by atoms with van der Waals surface area (Å²) in [6.45, 7) is 6.72. The third-order valence-electron chi connectivity index (χ3n) is 2.42. The maximum atomic E-state index is 14.1. The van der Waals surface area contributed by atoms with Gasteiger partial charge in [0.2, 0.25) is 0 Å². The lowest BCUT2D eigenvalue weighted by Gasteiger charge is -2.21. The molecule has 0 radical (unpaired) electrons. The average molecular weight is 284 g/mol. The van der Waals surface area contributed by atoms with Crippen LogP contribution in [0.15, 0.2) is 12.3 Å². The van der Waals surface area contributed by atoms with E-state index < -0.39 is 11.9 Å². The van der Waals surface area contributed by atoms with Crippen LogP contribution in [-0.2, 0) is 11.3 Å². The van der Waals surface area contributed by atoms with E-state index in [0.29, 0.717) is 12.1 Å². The molecule has 6 nitrogen and oxygen atoms in total. The van der Waals surface area contributed by atoms with Crippen molar-refractivity contribution < 1.29 is 13.9 Å². The molecule has 1 rings (SSSR count). The van der Waals surface area contributed by atoms with Crippen LogP contribution in [0.25, 0.3) is 0 Å². The molecule has 0 aromatic carbocycles. The van der Waals surface area contributed by atoms with Gasteiger partial charge < -0.3 is 21.1 Å². The minimum atomic E-state index is -0.858. The van der Waals surface area contributed by atoms with E-state index in [2.05, 4.69) is 20.4 Å². The lowest BCUT2D eigenvalue weighted by molar-refractivity contribution is 0.161. The van der Waals surface area contributed by atoms with Crippen LogP contribution in [0, 0.1) is 5.82 Å². The van der Waals surface area contributed by atoms with Gasteiger partial charge in [-0.3, -0.25) is 0 Å². The Morgan fingerprint density at radius 1 is 1.50 bits per heavy atom. The number of hydrogen-bond donors (Lipinski definition) is 3. The third-order valence-corrected chi connectivity index (χ3v) is 2.42. The lowest BCUT2D eigenvalue weighted by Crippen LogP contribution is -2.35. The number of halogens is 1. The molecular weight excluding hydrogens is 263 g/mol. The standard InChI is InChI=1S/C13H21FN4O2/c1-13(2,3)18-8-9-4-5-16-11(10(9)14)17-6-7-20-12(15)19/h4-5,18H,6-8H2,1-3H3,(H2,15,19)(H,16,17). The zero-order valence-corrected chi connectivity index (χ0v) is 12.0. The summed E-state index contributed by atoms with van der Waals surface area (Å²) >= 11 is 0. The molecule has 0 aliphatic carbocycles. The van der Waals surface area contributed by atoms with Crippen LogP contribution in [-0.4, -0.2) is 29.8 Å². The number of nitrogens with one attached hydrogen (secondary N) is 2. The molecule has 0 atom stereocenters. The van der Waals surface area contributed by atoms with Gasteiger partial charge in [-0.05, 0) is 26.8 Å². The van der Waals surface area contributed by atoms with Gasteiger partial charge in [0.05, 0.1) is 6.54 Å². The molecule has 0 fully saturated rings. The van der Waals surface area contributed by atoms with E-state index in [0.717, 1.165) is 0 Å². The number of amides is 1. The van der Waals surface area contributed by atoms with Gasteiger partial charge in [0.25, 0.3) is 0 Å². The van der Waals surface area contributed by atoms with Gasteiger partial charge in [-0.25, -0.2) is 14.2 Å². The molecule has 0 saturated carbocycles. The number of hydrogen-bond acceptors (Lipinski definition) is 5. The molecule has 0 unspecified atom stereocenters. The smallest absolute Gasteiger partial charge is 0.404 e. The SMILES string of the molecule is CC(C)(C)NCc1ccnc(NCCOC(N)=O)c1F. The molecule has 0 bridgehead atoms. The minimum Gasteiger partial charge on any atom is -0.448 e. The van der Waals surface area contributed by atoms with Gasteiger partial charge in [-0.15, -0.1) is 0 Å². The summed E-state index contributed by atoms with van der Waals surface area (Å²) in [5, 5.41) is 5.97. The second-order valence-corrected chi connectivity index (χ2v) is 5.33. The molecule has 4 N–H and O–H groups in total. The summed E-state index contributed by atoms with van der Waals surface area (Å²) in [6.07, 6.45) is 0.670. The van der Waals surface area contributed by atoms with Gasteiger partial charge >= 0.3 is 6.09 Å². The predicted octanol–water partition coefficient (Wildman–Crippen LogP) is 1.62. The van der Waals surface area contributed by atoms with Crippen molar-refractivity contribution >= 4 is 11.9 Å². The second-order valence-electron chi connectivity index (χ2n) is 5.33. The van der Waals surface area contributed by atoms with Crippen LogP contribution < -0.4 is 16.4 Å². The fourth-order valence-electron chi connectivity index (χ4n) is 1.42. The van der Waals surface area contributed by atoms with E-state index in [1.165, 1.54) is 6.20 Å². The van der Waals surface area contributed by atoms with E-state index in [-0.39, 0.29) is 24.5 Å². The Morgan fingerprint density at radius 3 is 2.80 bits per heavy atom. The number of ether oxygens (including phenoxy) is 1. The average Bonchev–Trinajstić information content (AvgIpc) is 2.33. The maximum Gasteiger partial charge on any atom is 0.404 e. The number of rotatable bonds is 6. The van der Waals surface area contributed by atoms with Crippen molar-refractivity contribution in [2.75, 3.05) is 18.5 Å². The summed E-state index contributed by atoms with van der Waals surface area (Å²) in [7, 11) is 0. The molecule has 20 heavy (non-hydrogen) atoms. The zero-order chi connectivity index (χ0) is 15.2. The van der Waals surface area contributed by atoms with Gasteiger partial charge in [-0.2, -0.15) is 0 Å². The normalized spacial score (nSPS) is 11.2. The molecule has 112 valence electrons. The molecule has 7 heteroatoms. The first-order chi connectivity index (χ1) is 9.29. The quantitative estimate of drug-likeness (QED) is 0.691. The largest absolute Gasteiger partial charge is 0.448 e. The highest BCUT2D eigenvalue weighted by molar-refractivity contribution is 5.64. The first kappa shape index (κ1) is 16.2. The topological polar surface area (TPSA) is 89.3 Å². The number of nitrogens with zero attached hydrogens (tertiary/aromatic N) is 1. The Bertz CT molecular complexity index is 460. The number of aromatic nitrogens is 1. The summed E-state index contributed by atoms with van der Waals surface area (Å²) in [5.41, 5.74) is 5.24. The van der Waals surface area contributed by atoms with Gasteiger partial charge in [0.1, 0.15) is 6.61 Å². The van der Waals surface area contributed by atoms with Crippen LogP contribution >= 0.6 is 0 Å². The number of pyridine rings is 1. The Labute approximate surface area is 117 Å². The second kappa shape index (κ2) is 7.04. The summed E-state index contributed by atoms with van der Waals surface area (Å²) < 4.78 is 18.7. The Hall–Kier alpha value is -1.89. The maximum absolute atomic E-state index is 14.1. The van der Waals surface area contributed by atoms with Crippen molar-refractivity contribution in [3.63, 3.8) is 0 Å². The van der Waals surface area contributed by atoms with Gasteiger partial charge in [-0.1, -0.05) is 0 Å². The van der Waals surface area contributed by atoms with Crippen LogP contribution in [0.4, 0.5) is 15.0 Å². The van der Waals surface area contributed by atoms with E-state index in [1.54, 1.807) is 6.07 Å². The highest BCUT2D eigenvalue weighted by Crippen LogP contribution is 2.15. The lowest BCUT2D eigenvalue weighted by atomic mass is 10.1. The van der Waals surface area contributed by atoms with Crippen LogP contribution in [0.5, 0.6) is 0 Å². The fraction of sp³-hybridized carbons (Fsp3) is 0.538. The molecule has 1 aromatic rings. The van der Waals surface area contributed by atoms with Crippen molar-refractivity contribution in [2.45, 2.75) is 32.9 Å². The summed E-state index contributed by atoms with van der Waals surface area (Å²) in [4.78, 5) is 14.3. The first-order valence-corrected chi connectivity index (χ1v) is 6.34. The molecule has 0 spiro atoms. The predicted molar refractivity (Wildman–Crippen MR) is 74.8 cm³/mol. The molecular formula is C13H21FN4O2. The highest BCUT2D eigenvalue weighted by atomic mass is 19.1. The number of primary amides is 1. The van der Waals surface area contributed by atoms with E-state index in [9.17, 15) is 9.18 Å². The molecule has 0 saturated heterocycles. The molecule has 0 aliphatic heterocycles. The minimum absolute atomic E-state index is 0.0565. The van der Waals surface area contributed by atoms with Crippen molar-refractivity contribution in [1.82, 2.24) is 10.3 Å². The van der Waals surface area contributed by atoms with E-state index >= 15 is 0 Å². The van der Waals surface area contributed by atoms with Crippen molar-refractivity contribution in [2.24, 2.45) is 5.73 Å². The number of anilines is 1. The number of carbonyl (C=O) groups is 1. The van der Waals surface area contributed by atoms with Gasteiger partial charge in [0.15, 0.2) is 11.6 Å². The first-order valence-electron chi connectivity index (χ1n) is 6.34. The molecule has 1 aromatic heterocycles. The zero-order valence-electron chi connectivity index (χ0n) is 12.0. The van der Waals surface area contributed by atoms with Crippen molar-refractivity contribution in [1.29, 1.82) is 0 Å².